The van der Waals surface area contributed by atoms with Crippen molar-refractivity contribution >= 4 is 23.4 Å². The monoisotopic (exact) mass is 386 g/mol. The van der Waals surface area contributed by atoms with E-state index < -0.39 is 0 Å². The van der Waals surface area contributed by atoms with E-state index in [4.69, 9.17) is 11.6 Å². The minimum atomic E-state index is -0.194. The third-order valence-corrected chi connectivity index (χ3v) is 5.37. The standard InChI is InChI=1S/C21H23ClN2O3/c1-14-3-8-18(20(26)15(14)2)21(27)24-11-9-23(10-12-24)19(25)13-16-4-6-17(22)7-5-16/h3-8,26H,9-13H2,1-2H3. The van der Waals surface area contributed by atoms with E-state index in [9.17, 15) is 14.7 Å². The van der Waals surface area contributed by atoms with Crippen molar-refractivity contribution in [2.45, 2.75) is 20.3 Å². The molecule has 0 unspecified atom stereocenters. The first-order chi connectivity index (χ1) is 12.9. The molecule has 1 N–H and O–H groups in total. The molecule has 2 amide bonds. The molecule has 0 aliphatic carbocycles. The fourth-order valence-corrected chi connectivity index (χ4v) is 3.32. The number of carbonyl (C=O) groups is 2. The van der Waals surface area contributed by atoms with Gasteiger partial charge in [0.2, 0.25) is 5.91 Å². The van der Waals surface area contributed by atoms with E-state index in [-0.39, 0.29) is 17.6 Å². The Morgan fingerprint density at radius 3 is 2.19 bits per heavy atom. The molecule has 1 aliphatic rings. The lowest BCUT2D eigenvalue weighted by Crippen LogP contribution is -2.51. The molecular formula is C21H23ClN2O3. The number of phenolic OH excluding ortho intramolecular Hbond substituents is 1. The topological polar surface area (TPSA) is 60.9 Å². The quantitative estimate of drug-likeness (QED) is 0.881. The second kappa shape index (κ2) is 8.01. The Morgan fingerprint density at radius 2 is 1.56 bits per heavy atom. The molecule has 1 fully saturated rings. The van der Waals surface area contributed by atoms with Crippen LogP contribution in [-0.4, -0.2) is 52.9 Å². The van der Waals surface area contributed by atoms with Gasteiger partial charge in [0.1, 0.15) is 5.75 Å². The summed E-state index contributed by atoms with van der Waals surface area (Å²) in [6.07, 6.45) is 0.322. The molecule has 5 nitrogen and oxygen atoms in total. The molecule has 0 bridgehead atoms. The SMILES string of the molecule is Cc1ccc(C(=O)N2CCN(C(=O)Cc3ccc(Cl)cc3)CC2)c(O)c1C. The lowest BCUT2D eigenvalue weighted by molar-refractivity contribution is -0.131. The van der Waals surface area contributed by atoms with E-state index in [0.29, 0.717) is 43.2 Å². The van der Waals surface area contributed by atoms with Gasteiger partial charge in [0.25, 0.3) is 5.91 Å². The highest BCUT2D eigenvalue weighted by molar-refractivity contribution is 6.30. The number of aryl methyl sites for hydroxylation is 1. The predicted molar refractivity (Wildman–Crippen MR) is 105 cm³/mol. The summed E-state index contributed by atoms with van der Waals surface area (Å²) >= 11 is 5.87. The summed E-state index contributed by atoms with van der Waals surface area (Å²) in [5.41, 5.74) is 2.90. The lowest BCUT2D eigenvalue weighted by atomic mass is 10.0. The van der Waals surface area contributed by atoms with Gasteiger partial charge in [-0.2, -0.15) is 0 Å². The number of benzene rings is 2. The van der Waals surface area contributed by atoms with Crippen molar-refractivity contribution in [1.29, 1.82) is 0 Å². The molecule has 0 saturated carbocycles. The Bertz CT molecular complexity index is 856. The first-order valence-electron chi connectivity index (χ1n) is 8.97. The maximum Gasteiger partial charge on any atom is 0.257 e. The van der Waals surface area contributed by atoms with Crippen LogP contribution in [-0.2, 0) is 11.2 Å². The van der Waals surface area contributed by atoms with Crippen molar-refractivity contribution in [3.8, 4) is 5.75 Å². The van der Waals surface area contributed by atoms with Gasteiger partial charge < -0.3 is 14.9 Å². The van der Waals surface area contributed by atoms with Crippen LogP contribution in [0.25, 0.3) is 0 Å². The third-order valence-electron chi connectivity index (χ3n) is 5.12. The van der Waals surface area contributed by atoms with Crippen LogP contribution >= 0.6 is 11.6 Å². The van der Waals surface area contributed by atoms with Crippen molar-refractivity contribution in [3.05, 3.63) is 63.7 Å². The van der Waals surface area contributed by atoms with Gasteiger partial charge in [0.05, 0.1) is 12.0 Å². The third kappa shape index (κ3) is 4.25. The Kier molecular flexibility index (Phi) is 5.71. The fraction of sp³-hybridized carbons (Fsp3) is 0.333. The van der Waals surface area contributed by atoms with Crippen molar-refractivity contribution in [2.24, 2.45) is 0 Å². The highest BCUT2D eigenvalue weighted by Gasteiger charge is 2.26. The van der Waals surface area contributed by atoms with Crippen molar-refractivity contribution < 1.29 is 14.7 Å². The number of nitrogens with zero attached hydrogens (tertiary/aromatic N) is 2. The Balaban J connectivity index is 1.60. The number of hydrogen-bond donors (Lipinski definition) is 1. The van der Waals surface area contributed by atoms with Crippen LogP contribution in [0.1, 0.15) is 27.0 Å². The maximum atomic E-state index is 12.7. The van der Waals surface area contributed by atoms with Crippen LogP contribution < -0.4 is 0 Å². The molecule has 27 heavy (non-hydrogen) atoms. The molecule has 0 spiro atoms. The number of piperazine rings is 1. The van der Waals surface area contributed by atoms with Crippen molar-refractivity contribution in [2.75, 3.05) is 26.2 Å². The van der Waals surface area contributed by atoms with E-state index in [2.05, 4.69) is 0 Å². The number of halogens is 1. The molecule has 0 aromatic heterocycles. The number of amides is 2. The molecule has 6 heteroatoms. The first kappa shape index (κ1) is 19.2. The molecule has 1 saturated heterocycles. The first-order valence-corrected chi connectivity index (χ1v) is 9.35. The molecule has 3 rings (SSSR count). The van der Waals surface area contributed by atoms with E-state index >= 15 is 0 Å². The molecule has 2 aromatic carbocycles. The van der Waals surface area contributed by atoms with Gasteiger partial charge in [-0.3, -0.25) is 9.59 Å². The molecule has 142 valence electrons. The van der Waals surface area contributed by atoms with Crippen molar-refractivity contribution in [3.63, 3.8) is 0 Å². The summed E-state index contributed by atoms with van der Waals surface area (Å²) in [7, 11) is 0. The van der Waals surface area contributed by atoms with Crippen LogP contribution in [0.15, 0.2) is 36.4 Å². The molecule has 1 heterocycles. The van der Waals surface area contributed by atoms with Crippen LogP contribution in [0.4, 0.5) is 0 Å². The summed E-state index contributed by atoms with van der Waals surface area (Å²) in [5.74, 6) is -0.111. The molecule has 0 atom stereocenters. The van der Waals surface area contributed by atoms with Gasteiger partial charge in [0.15, 0.2) is 0 Å². The minimum absolute atomic E-state index is 0.0402. The van der Waals surface area contributed by atoms with E-state index in [0.717, 1.165) is 16.7 Å². The van der Waals surface area contributed by atoms with Crippen LogP contribution in [0.5, 0.6) is 5.75 Å². The van der Waals surface area contributed by atoms with E-state index in [1.807, 2.05) is 25.1 Å². The molecule has 1 aliphatic heterocycles. The van der Waals surface area contributed by atoms with Crippen LogP contribution in [0.3, 0.4) is 0 Å². The zero-order chi connectivity index (χ0) is 19.6. The number of phenols is 1. The molecule has 2 aromatic rings. The van der Waals surface area contributed by atoms with Gasteiger partial charge >= 0.3 is 0 Å². The fourth-order valence-electron chi connectivity index (χ4n) is 3.19. The lowest BCUT2D eigenvalue weighted by Gasteiger charge is -2.35. The summed E-state index contributed by atoms with van der Waals surface area (Å²) < 4.78 is 0. The zero-order valence-corrected chi connectivity index (χ0v) is 16.3. The largest absolute Gasteiger partial charge is 0.507 e. The molecule has 0 radical (unpaired) electrons. The maximum absolute atomic E-state index is 12.7. The van der Waals surface area contributed by atoms with E-state index in [1.54, 1.807) is 34.9 Å². The average Bonchev–Trinajstić information content (AvgIpc) is 2.67. The number of aromatic hydroxyl groups is 1. The smallest absolute Gasteiger partial charge is 0.257 e. The minimum Gasteiger partial charge on any atom is -0.507 e. The second-order valence-electron chi connectivity index (χ2n) is 6.88. The van der Waals surface area contributed by atoms with Crippen LogP contribution in [0.2, 0.25) is 5.02 Å². The van der Waals surface area contributed by atoms with Gasteiger partial charge in [0, 0.05) is 31.2 Å². The van der Waals surface area contributed by atoms with Gasteiger partial charge in [-0.1, -0.05) is 29.8 Å². The number of hydrogen-bond acceptors (Lipinski definition) is 3. The summed E-state index contributed by atoms with van der Waals surface area (Å²) in [6, 6.07) is 10.8. The molecular weight excluding hydrogens is 364 g/mol. The summed E-state index contributed by atoms with van der Waals surface area (Å²) in [4.78, 5) is 28.7. The summed E-state index contributed by atoms with van der Waals surface area (Å²) in [5, 5.41) is 10.9. The van der Waals surface area contributed by atoms with Gasteiger partial charge in [-0.05, 0) is 48.7 Å². The van der Waals surface area contributed by atoms with Crippen molar-refractivity contribution in [1.82, 2.24) is 9.80 Å². The highest BCUT2D eigenvalue weighted by Crippen LogP contribution is 2.26. The van der Waals surface area contributed by atoms with Crippen LogP contribution in [0, 0.1) is 13.8 Å². The second-order valence-corrected chi connectivity index (χ2v) is 7.32. The Morgan fingerprint density at radius 1 is 0.963 bits per heavy atom. The predicted octanol–water partition coefficient (Wildman–Crippen LogP) is 3.19. The number of carbonyl (C=O) groups excluding carboxylic acids is 2. The zero-order valence-electron chi connectivity index (χ0n) is 15.5. The average molecular weight is 387 g/mol. The normalized spacial score (nSPS) is 14.3. The Labute approximate surface area is 164 Å². The number of rotatable bonds is 3. The van der Waals surface area contributed by atoms with Gasteiger partial charge in [-0.15, -0.1) is 0 Å². The Hall–Kier alpha value is -2.53. The van der Waals surface area contributed by atoms with E-state index in [1.165, 1.54) is 0 Å². The summed E-state index contributed by atoms with van der Waals surface area (Å²) in [6.45, 7) is 5.59. The highest BCUT2D eigenvalue weighted by atomic mass is 35.5. The van der Waals surface area contributed by atoms with Gasteiger partial charge in [-0.25, -0.2) is 0 Å².